The minimum atomic E-state index is 0.321. The highest BCUT2D eigenvalue weighted by Crippen LogP contribution is 2.34. The van der Waals surface area contributed by atoms with Crippen LogP contribution in [0.25, 0.3) is 0 Å². The van der Waals surface area contributed by atoms with Crippen LogP contribution in [0.4, 0.5) is 0 Å². The molecule has 0 atom stereocenters. The zero-order valence-corrected chi connectivity index (χ0v) is 6.55. The maximum atomic E-state index is 5.25. The highest BCUT2D eigenvalue weighted by molar-refractivity contribution is 5.47. The van der Waals surface area contributed by atoms with Crippen molar-refractivity contribution >= 4 is 0 Å². The van der Waals surface area contributed by atoms with Gasteiger partial charge in [0.05, 0.1) is 6.20 Å². The predicted molar refractivity (Wildman–Crippen MR) is 39.8 cm³/mol. The summed E-state index contributed by atoms with van der Waals surface area (Å²) in [6, 6.07) is 0. The molecule has 2 heterocycles. The number of nitrogens with zero attached hydrogens (tertiary/aromatic N) is 1. The van der Waals surface area contributed by atoms with E-state index in [1.54, 1.807) is 6.20 Å². The molecule has 0 bridgehead atoms. The third-order valence-electron chi connectivity index (χ3n) is 1.90. The van der Waals surface area contributed by atoms with Crippen molar-refractivity contribution in [3.8, 4) is 11.5 Å². The van der Waals surface area contributed by atoms with Gasteiger partial charge < -0.3 is 9.47 Å². The number of rotatable bonds is 0. The third kappa shape index (κ3) is 0.843. The first-order valence-corrected chi connectivity index (χ1v) is 3.51. The second kappa shape index (κ2) is 2.12. The van der Waals surface area contributed by atoms with Crippen LogP contribution in [-0.4, -0.2) is 11.8 Å². The van der Waals surface area contributed by atoms with Crippen molar-refractivity contribution in [2.75, 3.05) is 6.79 Å². The summed E-state index contributed by atoms with van der Waals surface area (Å²) in [5, 5.41) is 0. The molecule has 2 rings (SSSR count). The molecular weight excluding hydrogens is 142 g/mol. The minimum Gasteiger partial charge on any atom is -0.453 e. The zero-order chi connectivity index (χ0) is 7.84. The standard InChI is InChI=1S/C8H9NO2/c1-5-6(2)9-3-7-8(5)11-4-10-7/h3H,4H2,1-2H3. The number of pyridine rings is 1. The molecule has 3 nitrogen and oxygen atoms in total. The third-order valence-corrected chi connectivity index (χ3v) is 1.90. The van der Waals surface area contributed by atoms with Crippen LogP contribution in [0, 0.1) is 13.8 Å². The van der Waals surface area contributed by atoms with E-state index in [0.29, 0.717) is 6.79 Å². The van der Waals surface area contributed by atoms with Crippen LogP contribution in [-0.2, 0) is 0 Å². The lowest BCUT2D eigenvalue weighted by Crippen LogP contribution is -1.93. The first-order chi connectivity index (χ1) is 5.29. The van der Waals surface area contributed by atoms with Crippen LogP contribution < -0.4 is 9.47 Å². The van der Waals surface area contributed by atoms with Gasteiger partial charge in [-0.15, -0.1) is 0 Å². The van der Waals surface area contributed by atoms with E-state index in [-0.39, 0.29) is 0 Å². The van der Waals surface area contributed by atoms with Gasteiger partial charge in [0.1, 0.15) is 0 Å². The lowest BCUT2D eigenvalue weighted by molar-refractivity contribution is 0.173. The smallest absolute Gasteiger partial charge is 0.231 e. The molecule has 11 heavy (non-hydrogen) atoms. The van der Waals surface area contributed by atoms with E-state index in [1.807, 2.05) is 13.8 Å². The Morgan fingerprint density at radius 1 is 1.36 bits per heavy atom. The second-order valence-corrected chi connectivity index (χ2v) is 2.57. The Bertz CT molecular complexity index is 296. The number of aryl methyl sites for hydroxylation is 1. The molecule has 1 aliphatic heterocycles. The minimum absolute atomic E-state index is 0.321. The maximum absolute atomic E-state index is 5.25. The number of fused-ring (bicyclic) bond motifs is 1. The molecule has 1 aromatic heterocycles. The summed E-state index contributed by atoms with van der Waals surface area (Å²) in [6.45, 7) is 4.26. The van der Waals surface area contributed by atoms with Crippen LogP contribution in [0.2, 0.25) is 0 Å². The van der Waals surface area contributed by atoms with E-state index >= 15 is 0 Å². The molecular formula is C8H9NO2. The summed E-state index contributed by atoms with van der Waals surface area (Å²) in [5.41, 5.74) is 2.06. The van der Waals surface area contributed by atoms with E-state index in [4.69, 9.17) is 9.47 Å². The Hall–Kier alpha value is -1.25. The van der Waals surface area contributed by atoms with Crippen LogP contribution in [0.3, 0.4) is 0 Å². The summed E-state index contributed by atoms with van der Waals surface area (Å²) in [4.78, 5) is 4.15. The highest BCUT2D eigenvalue weighted by Gasteiger charge is 2.16. The molecule has 0 spiro atoms. The van der Waals surface area contributed by atoms with Gasteiger partial charge in [-0.3, -0.25) is 4.98 Å². The van der Waals surface area contributed by atoms with Crippen molar-refractivity contribution in [2.45, 2.75) is 13.8 Å². The predicted octanol–water partition coefficient (Wildman–Crippen LogP) is 1.43. The van der Waals surface area contributed by atoms with Gasteiger partial charge in [0.2, 0.25) is 6.79 Å². The molecule has 0 aromatic carbocycles. The monoisotopic (exact) mass is 151 g/mol. The van der Waals surface area contributed by atoms with Crippen LogP contribution in [0.15, 0.2) is 6.20 Å². The van der Waals surface area contributed by atoms with Gasteiger partial charge in [-0.25, -0.2) is 0 Å². The van der Waals surface area contributed by atoms with E-state index < -0.39 is 0 Å². The molecule has 0 fully saturated rings. The quantitative estimate of drug-likeness (QED) is 0.562. The summed E-state index contributed by atoms with van der Waals surface area (Å²) in [5.74, 6) is 1.60. The topological polar surface area (TPSA) is 31.4 Å². The van der Waals surface area contributed by atoms with Crippen molar-refractivity contribution in [2.24, 2.45) is 0 Å². The summed E-state index contributed by atoms with van der Waals surface area (Å²) in [6.07, 6.45) is 1.70. The normalized spacial score (nSPS) is 13.6. The highest BCUT2D eigenvalue weighted by atomic mass is 16.7. The maximum Gasteiger partial charge on any atom is 0.231 e. The molecule has 0 N–H and O–H groups in total. The number of ether oxygens (including phenoxy) is 2. The molecule has 0 unspecified atom stereocenters. The van der Waals surface area contributed by atoms with Gasteiger partial charge in [0.25, 0.3) is 0 Å². The fraction of sp³-hybridized carbons (Fsp3) is 0.375. The summed E-state index contributed by atoms with van der Waals surface area (Å²) >= 11 is 0. The Morgan fingerprint density at radius 2 is 2.18 bits per heavy atom. The van der Waals surface area contributed by atoms with Crippen LogP contribution in [0.1, 0.15) is 11.3 Å². The fourth-order valence-electron chi connectivity index (χ4n) is 1.09. The average Bonchev–Trinajstić information content (AvgIpc) is 2.45. The molecule has 0 amide bonds. The molecule has 3 heteroatoms. The largest absolute Gasteiger partial charge is 0.453 e. The number of hydrogen-bond donors (Lipinski definition) is 0. The Morgan fingerprint density at radius 3 is 3.00 bits per heavy atom. The van der Waals surface area contributed by atoms with Crippen molar-refractivity contribution < 1.29 is 9.47 Å². The first kappa shape index (κ1) is 6.46. The van der Waals surface area contributed by atoms with Gasteiger partial charge in [0.15, 0.2) is 11.5 Å². The fourth-order valence-corrected chi connectivity index (χ4v) is 1.09. The van der Waals surface area contributed by atoms with E-state index in [1.165, 1.54) is 0 Å². The molecule has 0 saturated carbocycles. The first-order valence-electron chi connectivity index (χ1n) is 3.51. The average molecular weight is 151 g/mol. The van der Waals surface area contributed by atoms with Gasteiger partial charge in [-0.05, 0) is 13.8 Å². The Labute approximate surface area is 65.0 Å². The van der Waals surface area contributed by atoms with Crippen molar-refractivity contribution in [1.29, 1.82) is 0 Å². The Kier molecular flexibility index (Phi) is 1.24. The van der Waals surface area contributed by atoms with Crippen molar-refractivity contribution in [3.05, 3.63) is 17.5 Å². The van der Waals surface area contributed by atoms with E-state index in [2.05, 4.69) is 4.98 Å². The lowest BCUT2D eigenvalue weighted by atomic mass is 10.2. The van der Waals surface area contributed by atoms with Crippen molar-refractivity contribution in [3.63, 3.8) is 0 Å². The SMILES string of the molecule is Cc1ncc2c(c1C)OCO2. The summed E-state index contributed by atoms with van der Waals surface area (Å²) in [7, 11) is 0. The number of hydrogen-bond acceptors (Lipinski definition) is 3. The van der Waals surface area contributed by atoms with Crippen LogP contribution in [0.5, 0.6) is 11.5 Å². The van der Waals surface area contributed by atoms with E-state index in [0.717, 1.165) is 22.8 Å². The molecule has 0 aliphatic carbocycles. The molecule has 1 aromatic rings. The lowest BCUT2D eigenvalue weighted by Gasteiger charge is -2.01. The van der Waals surface area contributed by atoms with Gasteiger partial charge >= 0.3 is 0 Å². The van der Waals surface area contributed by atoms with E-state index in [9.17, 15) is 0 Å². The second-order valence-electron chi connectivity index (χ2n) is 2.57. The van der Waals surface area contributed by atoms with Gasteiger partial charge in [-0.1, -0.05) is 0 Å². The molecule has 1 aliphatic rings. The summed E-state index contributed by atoms with van der Waals surface area (Å²) < 4.78 is 10.4. The van der Waals surface area contributed by atoms with Gasteiger partial charge in [0, 0.05) is 11.3 Å². The number of aromatic nitrogens is 1. The Balaban J connectivity index is 2.62. The molecule has 0 saturated heterocycles. The molecule has 0 radical (unpaired) electrons. The zero-order valence-electron chi connectivity index (χ0n) is 6.55. The molecule has 58 valence electrons. The van der Waals surface area contributed by atoms with Gasteiger partial charge in [-0.2, -0.15) is 0 Å². The van der Waals surface area contributed by atoms with Crippen LogP contribution >= 0.6 is 0 Å². The van der Waals surface area contributed by atoms with Crippen molar-refractivity contribution in [1.82, 2.24) is 4.98 Å².